The third-order valence-corrected chi connectivity index (χ3v) is 4.32. The van der Waals surface area contributed by atoms with Gasteiger partial charge in [-0.2, -0.15) is 0 Å². The predicted molar refractivity (Wildman–Crippen MR) is 91.5 cm³/mol. The molecule has 1 aromatic heterocycles. The van der Waals surface area contributed by atoms with Crippen LogP contribution in [-0.2, 0) is 24.3 Å². The van der Waals surface area contributed by atoms with E-state index in [1.165, 1.54) is 12.8 Å². The third-order valence-electron chi connectivity index (χ3n) is 4.32. The molecule has 2 heterocycles. The largest absolute Gasteiger partial charge is 0.357 e. The average molecular weight is 333 g/mol. The monoisotopic (exact) mass is 333 g/mol. The number of rotatable bonds is 7. The van der Waals surface area contributed by atoms with Gasteiger partial charge in [0.05, 0.1) is 0 Å². The molecule has 132 valence electrons. The highest BCUT2D eigenvalue weighted by Crippen LogP contribution is 2.28. The summed E-state index contributed by atoms with van der Waals surface area (Å²) in [5, 5.41) is 17.9. The molecule has 2 aliphatic rings. The maximum Gasteiger partial charge on any atom is 0.223 e. The van der Waals surface area contributed by atoms with Gasteiger partial charge >= 0.3 is 0 Å². The second-order valence-corrected chi connectivity index (χ2v) is 6.33. The molecule has 0 aromatic carbocycles. The van der Waals surface area contributed by atoms with Crippen LogP contribution in [-0.4, -0.2) is 46.3 Å². The number of aliphatic imine (C=N–C) groups is 1. The zero-order valence-corrected chi connectivity index (χ0v) is 14.3. The molecule has 8 heteroatoms. The van der Waals surface area contributed by atoms with Gasteiger partial charge in [0, 0.05) is 38.5 Å². The van der Waals surface area contributed by atoms with E-state index >= 15 is 0 Å². The first kappa shape index (κ1) is 16.7. The fourth-order valence-corrected chi connectivity index (χ4v) is 2.83. The van der Waals surface area contributed by atoms with Crippen molar-refractivity contribution in [3.8, 4) is 0 Å². The van der Waals surface area contributed by atoms with E-state index < -0.39 is 0 Å². The first-order valence-electron chi connectivity index (χ1n) is 8.98. The molecule has 0 bridgehead atoms. The highest BCUT2D eigenvalue weighted by atomic mass is 16.2. The number of carbonyl (C=O) groups is 1. The van der Waals surface area contributed by atoms with Crippen LogP contribution in [0.25, 0.3) is 0 Å². The Labute approximate surface area is 142 Å². The number of amides is 1. The van der Waals surface area contributed by atoms with Crippen molar-refractivity contribution in [2.75, 3.05) is 19.6 Å². The molecule has 1 aromatic rings. The number of nitrogens with zero attached hydrogens (tertiary/aromatic N) is 4. The minimum atomic E-state index is 0.175. The number of fused-ring (bicyclic) bond motifs is 1. The number of guanidine groups is 1. The molecule has 0 unspecified atom stereocenters. The van der Waals surface area contributed by atoms with Crippen molar-refractivity contribution >= 4 is 11.9 Å². The molecule has 1 amide bonds. The summed E-state index contributed by atoms with van der Waals surface area (Å²) in [4.78, 5) is 16.2. The van der Waals surface area contributed by atoms with Gasteiger partial charge < -0.3 is 20.5 Å². The van der Waals surface area contributed by atoms with E-state index in [0.717, 1.165) is 50.0 Å². The maximum absolute atomic E-state index is 11.6. The summed E-state index contributed by atoms with van der Waals surface area (Å²) in [5.41, 5.74) is 0. The highest BCUT2D eigenvalue weighted by molar-refractivity contribution is 5.81. The Hall–Kier alpha value is -2.12. The quantitative estimate of drug-likeness (QED) is 0.376. The van der Waals surface area contributed by atoms with Crippen molar-refractivity contribution in [3.05, 3.63) is 11.6 Å². The predicted octanol–water partition coefficient (Wildman–Crippen LogP) is 0.196. The molecule has 0 radical (unpaired) electrons. The standard InChI is InChI=1S/C16H27N7O/c1-2-17-16(19-9-8-18-15(24)12-6-7-12)20-11-14-22-21-13-5-3-4-10-23(13)14/h12H,2-11H2,1H3,(H,18,24)(H2,17,19,20). The summed E-state index contributed by atoms with van der Waals surface area (Å²) in [5.74, 6) is 3.17. The second kappa shape index (κ2) is 8.12. The van der Waals surface area contributed by atoms with Crippen molar-refractivity contribution in [2.45, 2.75) is 52.1 Å². The van der Waals surface area contributed by atoms with E-state index in [9.17, 15) is 4.79 Å². The summed E-state index contributed by atoms with van der Waals surface area (Å²) in [7, 11) is 0. The van der Waals surface area contributed by atoms with Crippen LogP contribution in [0.2, 0.25) is 0 Å². The van der Waals surface area contributed by atoms with Crippen molar-refractivity contribution in [2.24, 2.45) is 10.9 Å². The molecule has 1 aliphatic carbocycles. The van der Waals surface area contributed by atoms with Crippen molar-refractivity contribution < 1.29 is 4.79 Å². The molecular weight excluding hydrogens is 306 g/mol. The van der Waals surface area contributed by atoms with E-state index in [2.05, 4.69) is 35.7 Å². The Kier molecular flexibility index (Phi) is 5.66. The van der Waals surface area contributed by atoms with Crippen LogP contribution in [0.1, 0.15) is 44.3 Å². The zero-order valence-electron chi connectivity index (χ0n) is 14.3. The minimum absolute atomic E-state index is 0.175. The summed E-state index contributed by atoms with van der Waals surface area (Å²) in [6, 6.07) is 0. The number of aryl methyl sites for hydroxylation is 1. The highest BCUT2D eigenvalue weighted by Gasteiger charge is 2.28. The summed E-state index contributed by atoms with van der Waals surface area (Å²) in [6.45, 7) is 5.59. The summed E-state index contributed by atoms with van der Waals surface area (Å²) < 4.78 is 2.19. The van der Waals surface area contributed by atoms with Crippen LogP contribution in [0.4, 0.5) is 0 Å². The lowest BCUT2D eigenvalue weighted by molar-refractivity contribution is -0.122. The Bertz CT molecular complexity index is 591. The lowest BCUT2D eigenvalue weighted by Gasteiger charge is -2.15. The van der Waals surface area contributed by atoms with Crippen LogP contribution in [0.5, 0.6) is 0 Å². The van der Waals surface area contributed by atoms with E-state index in [4.69, 9.17) is 0 Å². The minimum Gasteiger partial charge on any atom is -0.357 e. The van der Waals surface area contributed by atoms with Crippen LogP contribution < -0.4 is 16.0 Å². The molecule has 0 atom stereocenters. The topological polar surface area (TPSA) is 96.2 Å². The van der Waals surface area contributed by atoms with Gasteiger partial charge in [-0.15, -0.1) is 10.2 Å². The van der Waals surface area contributed by atoms with Crippen LogP contribution in [0.15, 0.2) is 4.99 Å². The van der Waals surface area contributed by atoms with Crippen molar-refractivity contribution in [1.82, 2.24) is 30.7 Å². The Morgan fingerprint density at radius 1 is 1.21 bits per heavy atom. The van der Waals surface area contributed by atoms with Gasteiger partial charge in [0.1, 0.15) is 12.4 Å². The van der Waals surface area contributed by atoms with Gasteiger partial charge in [0.15, 0.2) is 11.8 Å². The van der Waals surface area contributed by atoms with E-state index in [1.54, 1.807) is 0 Å². The zero-order chi connectivity index (χ0) is 16.8. The summed E-state index contributed by atoms with van der Waals surface area (Å²) in [6.07, 6.45) is 5.45. The maximum atomic E-state index is 11.6. The van der Waals surface area contributed by atoms with Gasteiger partial charge in [-0.3, -0.25) is 4.79 Å². The Balaban J connectivity index is 1.47. The van der Waals surface area contributed by atoms with Crippen LogP contribution >= 0.6 is 0 Å². The lowest BCUT2D eigenvalue weighted by Crippen LogP contribution is -2.41. The first-order chi connectivity index (χ1) is 11.8. The second-order valence-electron chi connectivity index (χ2n) is 6.33. The molecule has 1 saturated carbocycles. The molecule has 0 saturated heterocycles. The molecule has 3 rings (SSSR count). The van der Waals surface area contributed by atoms with Crippen molar-refractivity contribution in [3.63, 3.8) is 0 Å². The van der Waals surface area contributed by atoms with Crippen LogP contribution in [0, 0.1) is 5.92 Å². The van der Waals surface area contributed by atoms with E-state index in [-0.39, 0.29) is 11.8 Å². The smallest absolute Gasteiger partial charge is 0.223 e. The molecule has 1 fully saturated rings. The number of aromatic nitrogens is 3. The molecule has 1 aliphatic heterocycles. The molecule has 3 N–H and O–H groups in total. The van der Waals surface area contributed by atoms with Gasteiger partial charge in [-0.1, -0.05) is 0 Å². The van der Waals surface area contributed by atoms with Crippen LogP contribution in [0.3, 0.4) is 0 Å². The SMILES string of the molecule is CCNC(=NCc1nnc2n1CCCC2)NCCNC(=O)C1CC1. The molecule has 0 spiro atoms. The molecular formula is C16H27N7O. The van der Waals surface area contributed by atoms with Gasteiger partial charge in [0.25, 0.3) is 0 Å². The summed E-state index contributed by atoms with van der Waals surface area (Å²) >= 11 is 0. The Morgan fingerprint density at radius 3 is 2.83 bits per heavy atom. The fourth-order valence-electron chi connectivity index (χ4n) is 2.83. The lowest BCUT2D eigenvalue weighted by atomic mass is 10.2. The first-order valence-corrected chi connectivity index (χ1v) is 8.98. The molecule has 24 heavy (non-hydrogen) atoms. The normalized spacial score (nSPS) is 17.3. The molecule has 8 nitrogen and oxygen atoms in total. The fraction of sp³-hybridized carbons (Fsp3) is 0.750. The number of hydrogen-bond donors (Lipinski definition) is 3. The van der Waals surface area contributed by atoms with Gasteiger partial charge in [-0.05, 0) is 32.6 Å². The Morgan fingerprint density at radius 2 is 2.04 bits per heavy atom. The van der Waals surface area contributed by atoms with E-state index in [0.29, 0.717) is 19.6 Å². The third kappa shape index (κ3) is 4.46. The average Bonchev–Trinajstić information content (AvgIpc) is 3.37. The van der Waals surface area contributed by atoms with Gasteiger partial charge in [0.2, 0.25) is 5.91 Å². The van der Waals surface area contributed by atoms with E-state index in [1.807, 2.05) is 6.92 Å². The number of carbonyl (C=O) groups excluding carboxylic acids is 1. The number of hydrogen-bond acceptors (Lipinski definition) is 4. The van der Waals surface area contributed by atoms with Crippen molar-refractivity contribution in [1.29, 1.82) is 0 Å². The van der Waals surface area contributed by atoms with Gasteiger partial charge in [-0.25, -0.2) is 4.99 Å². The number of nitrogens with one attached hydrogen (secondary N) is 3.